The van der Waals surface area contributed by atoms with Gasteiger partial charge in [0.15, 0.2) is 0 Å². The summed E-state index contributed by atoms with van der Waals surface area (Å²) in [4.78, 5) is 29.1. The number of aliphatic carboxylic acids is 1. The maximum atomic E-state index is 11.3. The lowest BCUT2D eigenvalue weighted by Gasteiger charge is -2.30. The van der Waals surface area contributed by atoms with Crippen molar-refractivity contribution in [2.45, 2.75) is 57.4 Å². The molecule has 1 rings (SSSR count). The third-order valence-electron chi connectivity index (χ3n) is 4.20. The predicted molar refractivity (Wildman–Crippen MR) is 76.4 cm³/mol. The highest BCUT2D eigenvalue weighted by molar-refractivity contribution is 7.51. The first-order valence-electron chi connectivity index (χ1n) is 7.32. The van der Waals surface area contributed by atoms with Gasteiger partial charge in [-0.2, -0.15) is 0 Å². The van der Waals surface area contributed by atoms with E-state index in [1.54, 1.807) is 0 Å². The molecule has 0 bridgehead atoms. The minimum absolute atomic E-state index is 0.0165. The van der Waals surface area contributed by atoms with Gasteiger partial charge in [0.1, 0.15) is 6.04 Å². The molecule has 0 aliphatic heterocycles. The molecule has 1 saturated carbocycles. The number of carboxylic acid groups (broad SMARTS) is 1. The van der Waals surface area contributed by atoms with E-state index in [0.717, 1.165) is 25.7 Å². The van der Waals surface area contributed by atoms with E-state index in [4.69, 9.17) is 10.8 Å². The van der Waals surface area contributed by atoms with E-state index in [-0.39, 0.29) is 12.1 Å². The Balaban J connectivity index is 2.49. The second-order valence-electron chi connectivity index (χ2n) is 5.88. The van der Waals surface area contributed by atoms with Crippen LogP contribution < -0.4 is 5.73 Å². The summed E-state index contributed by atoms with van der Waals surface area (Å²) in [6, 6.07) is -0.878. The van der Waals surface area contributed by atoms with Crippen LogP contribution in [-0.4, -0.2) is 33.1 Å². The van der Waals surface area contributed by atoms with E-state index in [0.29, 0.717) is 25.2 Å². The number of hydrogen-bond donors (Lipinski definition) is 4. The van der Waals surface area contributed by atoms with Crippen LogP contribution in [0.25, 0.3) is 0 Å². The zero-order valence-electron chi connectivity index (χ0n) is 11.8. The average molecular weight is 307 g/mol. The van der Waals surface area contributed by atoms with Gasteiger partial charge < -0.3 is 20.6 Å². The third kappa shape index (κ3) is 6.84. The number of hydrogen-bond acceptors (Lipinski definition) is 3. The zero-order chi connectivity index (χ0) is 15.2. The summed E-state index contributed by atoms with van der Waals surface area (Å²) in [6.45, 7) is 0. The molecule has 2 atom stereocenters. The second kappa shape index (κ2) is 8.13. The van der Waals surface area contributed by atoms with Crippen molar-refractivity contribution in [2.75, 3.05) is 6.16 Å². The summed E-state index contributed by atoms with van der Waals surface area (Å²) in [5, 5.41) is 8.73. The van der Waals surface area contributed by atoms with Gasteiger partial charge in [-0.05, 0) is 24.7 Å². The van der Waals surface area contributed by atoms with Gasteiger partial charge in [0, 0.05) is 0 Å². The minimum atomic E-state index is -4.02. The Hall–Kier alpha value is -0.420. The highest BCUT2D eigenvalue weighted by atomic mass is 31.2. The summed E-state index contributed by atoms with van der Waals surface area (Å²) in [6.07, 6.45) is 7.02. The zero-order valence-corrected chi connectivity index (χ0v) is 12.7. The van der Waals surface area contributed by atoms with Crippen LogP contribution in [0.4, 0.5) is 0 Å². The van der Waals surface area contributed by atoms with Crippen LogP contribution in [0, 0.1) is 11.8 Å². The summed E-state index contributed by atoms with van der Waals surface area (Å²) in [5.74, 6) is -0.677. The summed E-state index contributed by atoms with van der Waals surface area (Å²) in [5.41, 5.74) is 5.46. The Morgan fingerprint density at radius 2 is 1.80 bits per heavy atom. The Kier molecular flexibility index (Phi) is 7.17. The molecule has 0 radical (unpaired) electrons. The van der Waals surface area contributed by atoms with Gasteiger partial charge in [0.05, 0.1) is 6.16 Å². The lowest BCUT2D eigenvalue weighted by atomic mass is 9.78. The third-order valence-corrected chi connectivity index (χ3v) is 5.14. The fourth-order valence-corrected chi connectivity index (χ4v) is 4.20. The van der Waals surface area contributed by atoms with Crippen molar-refractivity contribution < 1.29 is 24.3 Å². The number of rotatable bonds is 8. The highest BCUT2D eigenvalue weighted by Crippen LogP contribution is 2.43. The lowest BCUT2D eigenvalue weighted by molar-refractivity contribution is -0.138. The Morgan fingerprint density at radius 3 is 2.30 bits per heavy atom. The van der Waals surface area contributed by atoms with Gasteiger partial charge in [-0.25, -0.2) is 0 Å². The Bertz CT molecular complexity index is 351. The predicted octanol–water partition coefficient (Wildman–Crippen LogP) is 1.94. The van der Waals surface area contributed by atoms with E-state index in [1.807, 2.05) is 0 Å². The van der Waals surface area contributed by atoms with Crippen molar-refractivity contribution in [2.24, 2.45) is 17.6 Å². The summed E-state index contributed by atoms with van der Waals surface area (Å²) >= 11 is 0. The first-order chi connectivity index (χ1) is 9.29. The summed E-state index contributed by atoms with van der Waals surface area (Å²) in [7, 11) is -4.02. The monoisotopic (exact) mass is 307 g/mol. The Morgan fingerprint density at radius 1 is 1.20 bits per heavy atom. The summed E-state index contributed by atoms with van der Waals surface area (Å²) < 4.78 is 11.3. The van der Waals surface area contributed by atoms with Crippen molar-refractivity contribution in [3.05, 3.63) is 0 Å². The van der Waals surface area contributed by atoms with Crippen LogP contribution >= 0.6 is 7.60 Å². The first-order valence-corrected chi connectivity index (χ1v) is 9.12. The van der Waals surface area contributed by atoms with Gasteiger partial charge in [-0.15, -0.1) is 0 Å². The minimum Gasteiger partial charge on any atom is -0.480 e. The molecule has 20 heavy (non-hydrogen) atoms. The molecule has 0 aromatic heterocycles. The molecule has 118 valence electrons. The average Bonchev–Trinajstić information content (AvgIpc) is 2.37. The molecule has 1 fully saturated rings. The van der Waals surface area contributed by atoms with Gasteiger partial charge in [0.25, 0.3) is 0 Å². The quantitative estimate of drug-likeness (QED) is 0.508. The normalized spacial score (nSPS) is 20.6. The van der Waals surface area contributed by atoms with E-state index >= 15 is 0 Å². The smallest absolute Gasteiger partial charge is 0.325 e. The molecule has 5 N–H and O–H groups in total. The topological polar surface area (TPSA) is 121 Å². The molecule has 0 saturated heterocycles. The standard InChI is InChI=1S/C13H26NO5P/c14-12(13(15)16)8-4-7-11(9-20(17,18)19)10-5-2-1-3-6-10/h10-12H,1-9,14H2,(H,15,16)(H2,17,18,19). The fourth-order valence-electron chi connectivity index (χ4n) is 3.11. The second-order valence-corrected chi connectivity index (χ2v) is 7.58. The first kappa shape index (κ1) is 17.6. The molecular formula is C13H26NO5P. The fraction of sp³-hybridized carbons (Fsp3) is 0.923. The molecule has 0 heterocycles. The van der Waals surface area contributed by atoms with Crippen LogP contribution in [0.2, 0.25) is 0 Å². The van der Waals surface area contributed by atoms with Crippen LogP contribution in [0.1, 0.15) is 51.4 Å². The van der Waals surface area contributed by atoms with Crippen LogP contribution in [0.3, 0.4) is 0 Å². The molecule has 1 aliphatic rings. The highest BCUT2D eigenvalue weighted by Gasteiger charge is 2.29. The van der Waals surface area contributed by atoms with Gasteiger partial charge in [-0.1, -0.05) is 38.5 Å². The Labute approximate surface area is 119 Å². The van der Waals surface area contributed by atoms with E-state index < -0.39 is 19.6 Å². The van der Waals surface area contributed by atoms with Crippen molar-refractivity contribution in [1.29, 1.82) is 0 Å². The van der Waals surface area contributed by atoms with Crippen molar-refractivity contribution in [1.82, 2.24) is 0 Å². The van der Waals surface area contributed by atoms with E-state index in [2.05, 4.69) is 0 Å². The number of nitrogens with two attached hydrogens (primary N) is 1. The molecular weight excluding hydrogens is 281 g/mol. The molecule has 0 aromatic carbocycles. The van der Waals surface area contributed by atoms with Crippen LogP contribution in [0.15, 0.2) is 0 Å². The van der Waals surface area contributed by atoms with Crippen molar-refractivity contribution in [3.8, 4) is 0 Å². The SMILES string of the molecule is NC(CCCC(CP(=O)(O)O)C1CCCCC1)C(=O)O. The maximum Gasteiger partial charge on any atom is 0.325 e. The van der Waals surface area contributed by atoms with Crippen molar-refractivity contribution in [3.63, 3.8) is 0 Å². The lowest BCUT2D eigenvalue weighted by Crippen LogP contribution is -2.30. The largest absolute Gasteiger partial charge is 0.480 e. The molecule has 6 nitrogen and oxygen atoms in total. The van der Waals surface area contributed by atoms with Gasteiger partial charge in [-0.3, -0.25) is 9.36 Å². The molecule has 2 unspecified atom stereocenters. The van der Waals surface area contributed by atoms with Crippen molar-refractivity contribution >= 4 is 13.6 Å². The van der Waals surface area contributed by atoms with Crippen LogP contribution in [-0.2, 0) is 9.36 Å². The van der Waals surface area contributed by atoms with Gasteiger partial charge in [0.2, 0.25) is 0 Å². The van der Waals surface area contributed by atoms with Gasteiger partial charge >= 0.3 is 13.6 Å². The number of carbonyl (C=O) groups is 1. The maximum absolute atomic E-state index is 11.3. The van der Waals surface area contributed by atoms with E-state index in [9.17, 15) is 19.1 Å². The molecule has 1 aliphatic carbocycles. The molecule has 0 aromatic rings. The molecule has 0 spiro atoms. The number of carboxylic acids is 1. The molecule has 0 amide bonds. The molecule has 7 heteroatoms. The van der Waals surface area contributed by atoms with Crippen LogP contribution in [0.5, 0.6) is 0 Å². The van der Waals surface area contributed by atoms with E-state index in [1.165, 1.54) is 6.42 Å².